The number of hydrogen-bond acceptors (Lipinski definition) is 4. The molecule has 0 fully saturated rings. The van der Waals surface area contributed by atoms with Crippen LogP contribution in [0.3, 0.4) is 0 Å². The average molecular weight is 267 g/mol. The summed E-state index contributed by atoms with van der Waals surface area (Å²) in [5, 5.41) is 0.714. The van der Waals surface area contributed by atoms with Gasteiger partial charge < -0.3 is 14.9 Å². The minimum Gasteiger partial charge on any atom is -0.440 e. The highest BCUT2D eigenvalue weighted by molar-refractivity contribution is 6.04. The summed E-state index contributed by atoms with van der Waals surface area (Å²) >= 11 is 0. The van der Waals surface area contributed by atoms with Crippen LogP contribution in [0.15, 0.2) is 52.9 Å². The molecule has 3 aromatic rings. The second-order valence-electron chi connectivity index (χ2n) is 4.43. The van der Waals surface area contributed by atoms with Gasteiger partial charge in [0, 0.05) is 6.92 Å². The van der Waals surface area contributed by atoms with Gasteiger partial charge in [0.15, 0.2) is 5.88 Å². The lowest BCUT2D eigenvalue weighted by molar-refractivity contribution is -0.131. The van der Waals surface area contributed by atoms with Crippen molar-refractivity contribution < 1.29 is 13.9 Å². The third-order valence-corrected chi connectivity index (χ3v) is 3.02. The van der Waals surface area contributed by atoms with Crippen molar-refractivity contribution in [2.75, 3.05) is 5.73 Å². The summed E-state index contributed by atoms with van der Waals surface area (Å²) < 4.78 is 10.8. The van der Waals surface area contributed by atoms with Gasteiger partial charge in [-0.3, -0.25) is 4.79 Å². The second kappa shape index (κ2) is 4.74. The van der Waals surface area contributed by atoms with E-state index in [4.69, 9.17) is 14.9 Å². The zero-order valence-corrected chi connectivity index (χ0v) is 10.9. The predicted octanol–water partition coefficient (Wildman–Crippen LogP) is 3.61. The number of carbonyl (C=O) groups excluding carboxylic acids is 1. The number of benzene rings is 2. The van der Waals surface area contributed by atoms with Gasteiger partial charge in [0.1, 0.15) is 11.3 Å². The van der Waals surface area contributed by atoms with Gasteiger partial charge in [0.2, 0.25) is 0 Å². The van der Waals surface area contributed by atoms with Crippen LogP contribution >= 0.6 is 0 Å². The Labute approximate surface area is 115 Å². The summed E-state index contributed by atoms with van der Waals surface area (Å²) in [4.78, 5) is 11.2. The monoisotopic (exact) mass is 267 g/mol. The van der Waals surface area contributed by atoms with Gasteiger partial charge in [0.05, 0.1) is 10.9 Å². The lowest BCUT2D eigenvalue weighted by Crippen LogP contribution is -2.01. The standard InChI is InChI=1S/C16H13NO3/c1-10(18)19-12-8-5-9-13-15(12)14(16(17)20-13)11-6-3-2-4-7-11/h2-9H,17H2,1H3. The zero-order valence-electron chi connectivity index (χ0n) is 10.9. The van der Waals surface area contributed by atoms with Crippen molar-refractivity contribution in [1.82, 2.24) is 0 Å². The van der Waals surface area contributed by atoms with Crippen molar-refractivity contribution in [2.45, 2.75) is 6.92 Å². The molecule has 4 nitrogen and oxygen atoms in total. The van der Waals surface area contributed by atoms with Crippen LogP contribution in [0.1, 0.15) is 6.92 Å². The number of rotatable bonds is 2. The van der Waals surface area contributed by atoms with E-state index < -0.39 is 0 Å². The van der Waals surface area contributed by atoms with E-state index in [1.165, 1.54) is 6.92 Å². The molecule has 0 spiro atoms. The topological polar surface area (TPSA) is 65.5 Å². The molecule has 2 N–H and O–H groups in total. The van der Waals surface area contributed by atoms with E-state index in [1.807, 2.05) is 30.3 Å². The van der Waals surface area contributed by atoms with E-state index in [-0.39, 0.29) is 5.97 Å². The minimum atomic E-state index is -0.378. The van der Waals surface area contributed by atoms with Gasteiger partial charge in [0.25, 0.3) is 0 Å². The molecule has 0 saturated heterocycles. The second-order valence-corrected chi connectivity index (χ2v) is 4.43. The number of nitrogens with two attached hydrogens (primary N) is 1. The van der Waals surface area contributed by atoms with Crippen molar-refractivity contribution in [1.29, 1.82) is 0 Å². The molecule has 0 aliphatic carbocycles. The highest BCUT2D eigenvalue weighted by atomic mass is 16.5. The number of fused-ring (bicyclic) bond motifs is 1. The van der Waals surface area contributed by atoms with Crippen LogP contribution in [0.4, 0.5) is 5.88 Å². The van der Waals surface area contributed by atoms with Crippen LogP contribution in [0, 0.1) is 0 Å². The maximum absolute atomic E-state index is 11.2. The Kier molecular flexibility index (Phi) is 2.91. The molecular formula is C16H13NO3. The van der Waals surface area contributed by atoms with Gasteiger partial charge in [-0.15, -0.1) is 0 Å². The lowest BCUT2D eigenvalue weighted by atomic mass is 10.0. The third kappa shape index (κ3) is 2.01. The van der Waals surface area contributed by atoms with Crippen LogP contribution in [-0.2, 0) is 4.79 Å². The molecule has 0 bridgehead atoms. The van der Waals surface area contributed by atoms with E-state index in [0.717, 1.165) is 11.1 Å². The normalized spacial score (nSPS) is 10.7. The van der Waals surface area contributed by atoms with Gasteiger partial charge >= 0.3 is 5.97 Å². The first-order valence-electron chi connectivity index (χ1n) is 6.21. The smallest absolute Gasteiger partial charge is 0.308 e. The summed E-state index contributed by atoms with van der Waals surface area (Å²) in [6.07, 6.45) is 0. The Morgan fingerprint density at radius 1 is 1.10 bits per heavy atom. The summed E-state index contributed by atoms with van der Waals surface area (Å²) in [5.41, 5.74) is 8.24. The molecule has 2 aromatic carbocycles. The van der Waals surface area contributed by atoms with E-state index >= 15 is 0 Å². The Morgan fingerprint density at radius 2 is 1.85 bits per heavy atom. The fourth-order valence-electron chi connectivity index (χ4n) is 2.27. The Bertz CT molecular complexity index is 775. The Balaban J connectivity index is 2.31. The molecule has 0 saturated carbocycles. The largest absolute Gasteiger partial charge is 0.440 e. The Hall–Kier alpha value is -2.75. The fourth-order valence-corrected chi connectivity index (χ4v) is 2.27. The van der Waals surface area contributed by atoms with Crippen molar-refractivity contribution in [3.8, 4) is 16.9 Å². The first-order valence-corrected chi connectivity index (χ1v) is 6.21. The maximum Gasteiger partial charge on any atom is 0.308 e. The molecule has 100 valence electrons. The highest BCUT2D eigenvalue weighted by Gasteiger charge is 2.18. The van der Waals surface area contributed by atoms with Crippen molar-refractivity contribution in [2.24, 2.45) is 0 Å². The number of carbonyl (C=O) groups is 1. The number of hydrogen-bond donors (Lipinski definition) is 1. The predicted molar refractivity (Wildman–Crippen MR) is 77.4 cm³/mol. The molecule has 4 heteroatoms. The number of furan rings is 1. The molecule has 0 aliphatic heterocycles. The SMILES string of the molecule is CC(=O)Oc1cccc2oc(N)c(-c3ccccc3)c12. The van der Waals surface area contributed by atoms with E-state index in [2.05, 4.69) is 0 Å². The van der Waals surface area contributed by atoms with Crippen molar-refractivity contribution >= 4 is 22.8 Å². The van der Waals surface area contributed by atoms with Crippen LogP contribution in [-0.4, -0.2) is 5.97 Å². The van der Waals surface area contributed by atoms with Gasteiger partial charge in [-0.1, -0.05) is 36.4 Å². The van der Waals surface area contributed by atoms with Gasteiger partial charge in [-0.2, -0.15) is 0 Å². The highest BCUT2D eigenvalue weighted by Crippen LogP contribution is 2.41. The molecule has 0 aliphatic rings. The summed E-state index contributed by atoms with van der Waals surface area (Å²) in [6, 6.07) is 14.9. The average Bonchev–Trinajstić information content (AvgIpc) is 2.76. The maximum atomic E-state index is 11.2. The molecule has 0 unspecified atom stereocenters. The van der Waals surface area contributed by atoms with E-state index in [0.29, 0.717) is 22.6 Å². The summed E-state index contributed by atoms with van der Waals surface area (Å²) in [7, 11) is 0. The molecule has 0 amide bonds. The summed E-state index contributed by atoms with van der Waals surface area (Å²) in [5.74, 6) is 0.386. The molecule has 0 atom stereocenters. The molecule has 1 heterocycles. The first-order chi connectivity index (χ1) is 9.66. The number of esters is 1. The van der Waals surface area contributed by atoms with Crippen LogP contribution in [0.2, 0.25) is 0 Å². The van der Waals surface area contributed by atoms with Crippen LogP contribution in [0.5, 0.6) is 5.75 Å². The molecule has 0 radical (unpaired) electrons. The van der Waals surface area contributed by atoms with Gasteiger partial charge in [-0.25, -0.2) is 0 Å². The van der Waals surface area contributed by atoms with Gasteiger partial charge in [-0.05, 0) is 17.7 Å². The number of ether oxygens (including phenoxy) is 1. The van der Waals surface area contributed by atoms with Crippen LogP contribution < -0.4 is 10.5 Å². The van der Waals surface area contributed by atoms with Crippen LogP contribution in [0.25, 0.3) is 22.1 Å². The zero-order chi connectivity index (χ0) is 14.1. The molecule has 3 rings (SSSR count). The quantitative estimate of drug-likeness (QED) is 0.569. The number of anilines is 1. The third-order valence-electron chi connectivity index (χ3n) is 3.02. The minimum absolute atomic E-state index is 0.311. The van der Waals surface area contributed by atoms with E-state index in [1.54, 1.807) is 18.2 Å². The Morgan fingerprint density at radius 3 is 2.55 bits per heavy atom. The van der Waals surface area contributed by atoms with Crippen molar-refractivity contribution in [3.63, 3.8) is 0 Å². The van der Waals surface area contributed by atoms with Crippen molar-refractivity contribution in [3.05, 3.63) is 48.5 Å². The molecule has 1 aromatic heterocycles. The lowest BCUT2D eigenvalue weighted by Gasteiger charge is -2.05. The molecular weight excluding hydrogens is 254 g/mol. The number of nitrogen functional groups attached to an aromatic ring is 1. The first kappa shape index (κ1) is 12.3. The summed E-state index contributed by atoms with van der Waals surface area (Å²) in [6.45, 7) is 1.37. The fraction of sp³-hybridized carbons (Fsp3) is 0.0625. The molecule has 20 heavy (non-hydrogen) atoms. The van der Waals surface area contributed by atoms with E-state index in [9.17, 15) is 4.79 Å².